The fraction of sp³-hybridized carbons (Fsp3) is 0.500. The van der Waals surface area contributed by atoms with Gasteiger partial charge in [0.05, 0.1) is 6.04 Å². The Labute approximate surface area is 112 Å². The Morgan fingerprint density at radius 3 is 2.58 bits per heavy atom. The second-order valence-electron chi connectivity index (χ2n) is 4.62. The molecule has 2 N–H and O–H groups in total. The van der Waals surface area contributed by atoms with Gasteiger partial charge in [0, 0.05) is 24.1 Å². The van der Waals surface area contributed by atoms with Gasteiger partial charge < -0.3 is 10.6 Å². The summed E-state index contributed by atoms with van der Waals surface area (Å²) < 4.78 is 26.3. The number of carbonyl (C=O) groups excluding carboxylic acids is 1. The van der Waals surface area contributed by atoms with E-state index in [-0.39, 0.29) is 17.5 Å². The van der Waals surface area contributed by atoms with Crippen molar-refractivity contribution < 1.29 is 13.6 Å². The largest absolute Gasteiger partial charge is 0.349 e. The molecule has 2 unspecified atom stereocenters. The van der Waals surface area contributed by atoms with Crippen LogP contribution in [0.5, 0.6) is 0 Å². The first kappa shape index (κ1) is 15.6. The highest BCUT2D eigenvalue weighted by atomic mass is 19.1. The third-order valence-electron chi connectivity index (χ3n) is 2.85. The maximum atomic E-state index is 13.5. The van der Waals surface area contributed by atoms with Crippen molar-refractivity contribution >= 4 is 5.91 Å². The molecular weight excluding hydrogens is 250 g/mol. The molecule has 0 bridgehead atoms. The van der Waals surface area contributed by atoms with E-state index in [1.807, 2.05) is 13.8 Å². The van der Waals surface area contributed by atoms with Crippen LogP contribution in [-0.2, 0) is 4.79 Å². The summed E-state index contributed by atoms with van der Waals surface area (Å²) in [5.41, 5.74) is 0.283. The summed E-state index contributed by atoms with van der Waals surface area (Å²) in [4.78, 5) is 11.7. The molecule has 0 fully saturated rings. The lowest BCUT2D eigenvalue weighted by Crippen LogP contribution is -2.35. The monoisotopic (exact) mass is 270 g/mol. The Kier molecular flexibility index (Phi) is 5.89. The number of hydrogen-bond acceptors (Lipinski definition) is 2. The van der Waals surface area contributed by atoms with Crippen molar-refractivity contribution in [3.8, 4) is 0 Å². The SMILES string of the molecule is CCNC(C)CC(=O)NC(C)c1ccc(F)cc1F. The van der Waals surface area contributed by atoms with Gasteiger partial charge in [0.1, 0.15) is 11.6 Å². The van der Waals surface area contributed by atoms with Gasteiger partial charge in [0.25, 0.3) is 0 Å². The molecule has 19 heavy (non-hydrogen) atoms. The van der Waals surface area contributed by atoms with E-state index in [1.165, 1.54) is 12.1 Å². The van der Waals surface area contributed by atoms with E-state index in [2.05, 4.69) is 10.6 Å². The molecule has 0 saturated carbocycles. The van der Waals surface area contributed by atoms with Crippen LogP contribution in [-0.4, -0.2) is 18.5 Å². The number of amides is 1. The average Bonchev–Trinajstić information content (AvgIpc) is 2.28. The molecule has 0 aliphatic rings. The standard InChI is InChI=1S/C14H20F2N2O/c1-4-17-9(2)7-14(19)18-10(3)12-6-5-11(15)8-13(12)16/h5-6,8-10,17H,4,7H2,1-3H3,(H,18,19). The second kappa shape index (κ2) is 7.19. The highest BCUT2D eigenvalue weighted by Crippen LogP contribution is 2.17. The molecule has 0 aliphatic heterocycles. The van der Waals surface area contributed by atoms with E-state index >= 15 is 0 Å². The maximum Gasteiger partial charge on any atom is 0.222 e. The minimum Gasteiger partial charge on any atom is -0.349 e. The Morgan fingerprint density at radius 1 is 1.32 bits per heavy atom. The third-order valence-corrected chi connectivity index (χ3v) is 2.85. The first-order chi connectivity index (χ1) is 8.93. The van der Waals surface area contributed by atoms with Gasteiger partial charge in [-0.25, -0.2) is 8.78 Å². The molecule has 1 amide bonds. The fourth-order valence-corrected chi connectivity index (χ4v) is 1.93. The molecule has 1 rings (SSSR count). The van der Waals surface area contributed by atoms with Gasteiger partial charge in [0.15, 0.2) is 0 Å². The fourth-order valence-electron chi connectivity index (χ4n) is 1.93. The lowest BCUT2D eigenvalue weighted by molar-refractivity contribution is -0.122. The number of hydrogen-bond donors (Lipinski definition) is 2. The Bertz CT molecular complexity index is 437. The highest BCUT2D eigenvalue weighted by Gasteiger charge is 2.15. The molecule has 0 spiro atoms. The summed E-state index contributed by atoms with van der Waals surface area (Å²) >= 11 is 0. The minimum atomic E-state index is -0.646. The number of rotatable bonds is 6. The first-order valence-corrected chi connectivity index (χ1v) is 6.41. The third kappa shape index (κ3) is 4.95. The zero-order valence-corrected chi connectivity index (χ0v) is 11.5. The van der Waals surface area contributed by atoms with E-state index < -0.39 is 17.7 Å². The molecule has 5 heteroatoms. The van der Waals surface area contributed by atoms with Gasteiger partial charge in [-0.05, 0) is 26.5 Å². The Morgan fingerprint density at radius 2 is 2.00 bits per heavy atom. The molecule has 0 saturated heterocycles. The van der Waals surface area contributed by atoms with Gasteiger partial charge in [-0.2, -0.15) is 0 Å². The second-order valence-corrected chi connectivity index (χ2v) is 4.62. The zero-order valence-electron chi connectivity index (χ0n) is 11.5. The zero-order chi connectivity index (χ0) is 14.4. The van der Waals surface area contributed by atoms with Gasteiger partial charge in [-0.15, -0.1) is 0 Å². The summed E-state index contributed by atoms with van der Waals surface area (Å²) in [5, 5.41) is 5.83. The minimum absolute atomic E-state index is 0.0651. The van der Waals surface area contributed by atoms with Crippen LogP contribution in [0.15, 0.2) is 18.2 Å². The predicted molar refractivity (Wildman–Crippen MR) is 70.7 cm³/mol. The van der Waals surface area contributed by atoms with Crippen molar-refractivity contribution in [2.75, 3.05) is 6.54 Å². The molecule has 106 valence electrons. The van der Waals surface area contributed by atoms with Crippen molar-refractivity contribution in [3.05, 3.63) is 35.4 Å². The topological polar surface area (TPSA) is 41.1 Å². The smallest absolute Gasteiger partial charge is 0.222 e. The van der Waals surface area contributed by atoms with Crippen LogP contribution >= 0.6 is 0 Å². The van der Waals surface area contributed by atoms with Crippen LogP contribution in [0.3, 0.4) is 0 Å². The van der Waals surface area contributed by atoms with E-state index in [9.17, 15) is 13.6 Å². The Hall–Kier alpha value is -1.49. The molecule has 1 aromatic carbocycles. The predicted octanol–water partition coefficient (Wildman–Crippen LogP) is 2.53. The molecule has 3 nitrogen and oxygen atoms in total. The number of benzene rings is 1. The first-order valence-electron chi connectivity index (χ1n) is 6.41. The number of halogens is 2. The van der Waals surface area contributed by atoms with Crippen LogP contribution in [0.2, 0.25) is 0 Å². The van der Waals surface area contributed by atoms with Gasteiger partial charge in [0.2, 0.25) is 5.91 Å². The lowest BCUT2D eigenvalue weighted by atomic mass is 10.1. The molecule has 0 radical (unpaired) electrons. The molecule has 1 aromatic rings. The summed E-state index contributed by atoms with van der Waals surface area (Å²) in [5.74, 6) is -1.43. The van der Waals surface area contributed by atoms with Gasteiger partial charge in [-0.1, -0.05) is 13.0 Å². The van der Waals surface area contributed by atoms with Gasteiger partial charge >= 0.3 is 0 Å². The quantitative estimate of drug-likeness (QED) is 0.834. The molecule has 2 atom stereocenters. The van der Waals surface area contributed by atoms with Crippen LogP contribution < -0.4 is 10.6 Å². The van der Waals surface area contributed by atoms with Crippen molar-refractivity contribution in [3.63, 3.8) is 0 Å². The molecule has 0 heterocycles. The van der Waals surface area contributed by atoms with Crippen molar-refractivity contribution in [1.82, 2.24) is 10.6 Å². The van der Waals surface area contributed by atoms with Crippen molar-refractivity contribution in [2.45, 2.75) is 39.3 Å². The average molecular weight is 270 g/mol. The molecular formula is C14H20F2N2O. The van der Waals surface area contributed by atoms with Crippen LogP contribution in [0, 0.1) is 11.6 Å². The van der Waals surface area contributed by atoms with E-state index in [1.54, 1.807) is 6.92 Å². The van der Waals surface area contributed by atoms with Crippen LogP contribution in [0.1, 0.15) is 38.8 Å². The van der Waals surface area contributed by atoms with Crippen LogP contribution in [0.4, 0.5) is 8.78 Å². The summed E-state index contributed by atoms with van der Waals surface area (Å²) in [6.45, 7) is 6.33. The summed E-state index contributed by atoms with van der Waals surface area (Å²) in [6, 6.07) is 2.93. The number of nitrogens with one attached hydrogen (secondary N) is 2. The summed E-state index contributed by atoms with van der Waals surface area (Å²) in [7, 11) is 0. The summed E-state index contributed by atoms with van der Waals surface area (Å²) in [6.07, 6.45) is 0.320. The van der Waals surface area contributed by atoms with Crippen LogP contribution in [0.25, 0.3) is 0 Å². The maximum absolute atomic E-state index is 13.5. The van der Waals surface area contributed by atoms with E-state index in [0.29, 0.717) is 6.42 Å². The lowest BCUT2D eigenvalue weighted by Gasteiger charge is -2.17. The van der Waals surface area contributed by atoms with E-state index in [0.717, 1.165) is 12.6 Å². The molecule has 0 aliphatic carbocycles. The van der Waals surface area contributed by atoms with Crippen molar-refractivity contribution in [1.29, 1.82) is 0 Å². The molecule has 0 aromatic heterocycles. The highest BCUT2D eigenvalue weighted by molar-refractivity contribution is 5.77. The van der Waals surface area contributed by atoms with Crippen molar-refractivity contribution in [2.24, 2.45) is 0 Å². The normalized spacial score (nSPS) is 13.9. The van der Waals surface area contributed by atoms with E-state index in [4.69, 9.17) is 0 Å². The Balaban J connectivity index is 2.59. The number of carbonyl (C=O) groups is 1. The van der Waals surface area contributed by atoms with Gasteiger partial charge in [-0.3, -0.25) is 4.79 Å².